The molecular weight excluding hydrogens is 318 g/mol. The Bertz CT molecular complexity index is 902. The van der Waals surface area contributed by atoms with Gasteiger partial charge < -0.3 is 19.2 Å². The Morgan fingerprint density at radius 1 is 1.16 bits per heavy atom. The Balaban J connectivity index is 1.65. The smallest absolute Gasteiger partial charge is 0.252 e. The molecule has 3 aromatic rings. The highest BCUT2D eigenvalue weighted by molar-refractivity contribution is 5.94. The van der Waals surface area contributed by atoms with Crippen molar-refractivity contribution in [2.24, 2.45) is 0 Å². The molecule has 2 heterocycles. The normalized spacial score (nSPS) is 10.7. The van der Waals surface area contributed by atoms with Crippen molar-refractivity contribution >= 4 is 11.6 Å². The van der Waals surface area contributed by atoms with Gasteiger partial charge in [-0.1, -0.05) is 0 Å². The molecule has 25 heavy (non-hydrogen) atoms. The average molecular weight is 339 g/mol. The highest BCUT2D eigenvalue weighted by atomic mass is 16.5. The minimum atomic E-state index is -0.116. The molecule has 0 atom stereocenters. The zero-order valence-electron chi connectivity index (χ0n) is 14.6. The van der Waals surface area contributed by atoms with Crippen LogP contribution in [-0.4, -0.2) is 36.1 Å². The van der Waals surface area contributed by atoms with Gasteiger partial charge >= 0.3 is 0 Å². The molecule has 3 rings (SSSR count). The first-order valence-electron chi connectivity index (χ1n) is 8.05. The van der Waals surface area contributed by atoms with Crippen molar-refractivity contribution < 1.29 is 14.3 Å². The first kappa shape index (κ1) is 16.8. The lowest BCUT2D eigenvalue weighted by molar-refractivity contribution is 0.0953. The molecule has 0 aliphatic rings. The summed E-state index contributed by atoms with van der Waals surface area (Å²) in [4.78, 5) is 16.7. The molecule has 0 fully saturated rings. The molecule has 6 heteroatoms. The fourth-order valence-electron chi connectivity index (χ4n) is 2.74. The van der Waals surface area contributed by atoms with Crippen LogP contribution in [0.15, 0.2) is 42.7 Å². The number of aryl methyl sites for hydroxylation is 1. The molecule has 130 valence electrons. The Morgan fingerprint density at radius 3 is 2.76 bits per heavy atom. The third kappa shape index (κ3) is 3.74. The summed E-state index contributed by atoms with van der Waals surface area (Å²) in [7, 11) is 3.26. The second-order valence-corrected chi connectivity index (χ2v) is 5.75. The number of fused-ring (bicyclic) bond motifs is 1. The second kappa shape index (κ2) is 7.25. The summed E-state index contributed by atoms with van der Waals surface area (Å²) in [6.45, 7) is 2.43. The minimum Gasteiger partial charge on any atom is -0.497 e. The molecule has 0 spiro atoms. The average Bonchev–Trinajstić information content (AvgIpc) is 3.00. The third-order valence-corrected chi connectivity index (χ3v) is 4.00. The fourth-order valence-corrected chi connectivity index (χ4v) is 2.74. The van der Waals surface area contributed by atoms with Gasteiger partial charge in [0.15, 0.2) is 0 Å². The summed E-state index contributed by atoms with van der Waals surface area (Å²) >= 11 is 0. The lowest BCUT2D eigenvalue weighted by Gasteiger charge is -2.11. The largest absolute Gasteiger partial charge is 0.497 e. The fraction of sp³-hybridized carbons (Fsp3) is 0.263. The molecule has 6 nitrogen and oxygen atoms in total. The van der Waals surface area contributed by atoms with E-state index in [1.165, 1.54) is 0 Å². The van der Waals surface area contributed by atoms with Crippen LogP contribution in [0, 0.1) is 6.92 Å². The number of nitrogens with one attached hydrogen (secondary N) is 1. The van der Waals surface area contributed by atoms with Crippen LogP contribution in [0.25, 0.3) is 5.65 Å². The van der Waals surface area contributed by atoms with Crippen molar-refractivity contribution in [3.8, 4) is 11.5 Å². The van der Waals surface area contributed by atoms with E-state index >= 15 is 0 Å². The number of pyridine rings is 1. The van der Waals surface area contributed by atoms with E-state index in [0.717, 1.165) is 28.4 Å². The van der Waals surface area contributed by atoms with Gasteiger partial charge in [0.05, 0.1) is 25.5 Å². The van der Waals surface area contributed by atoms with E-state index in [2.05, 4.69) is 10.3 Å². The van der Waals surface area contributed by atoms with Gasteiger partial charge in [0.1, 0.15) is 17.1 Å². The number of ether oxygens (including phenoxy) is 2. The number of hydrogen-bond donors (Lipinski definition) is 1. The van der Waals surface area contributed by atoms with Crippen LogP contribution in [0.1, 0.15) is 21.6 Å². The van der Waals surface area contributed by atoms with Crippen molar-refractivity contribution in [2.45, 2.75) is 13.3 Å². The number of amides is 1. The maximum atomic E-state index is 12.4. The van der Waals surface area contributed by atoms with Gasteiger partial charge in [0.25, 0.3) is 5.91 Å². The molecule has 1 aromatic carbocycles. The van der Waals surface area contributed by atoms with Crippen molar-refractivity contribution in [1.29, 1.82) is 0 Å². The van der Waals surface area contributed by atoms with Crippen LogP contribution < -0.4 is 14.8 Å². The molecule has 0 unspecified atom stereocenters. The van der Waals surface area contributed by atoms with Crippen molar-refractivity contribution in [1.82, 2.24) is 14.7 Å². The van der Waals surface area contributed by atoms with Gasteiger partial charge in [-0.2, -0.15) is 0 Å². The van der Waals surface area contributed by atoms with Crippen LogP contribution >= 0.6 is 0 Å². The van der Waals surface area contributed by atoms with Gasteiger partial charge in [-0.3, -0.25) is 4.79 Å². The van der Waals surface area contributed by atoms with Crippen LogP contribution in [0.4, 0.5) is 0 Å². The van der Waals surface area contributed by atoms with E-state index in [9.17, 15) is 4.79 Å². The van der Waals surface area contributed by atoms with E-state index < -0.39 is 0 Å². The van der Waals surface area contributed by atoms with Gasteiger partial charge in [0.2, 0.25) is 0 Å². The quantitative estimate of drug-likeness (QED) is 0.750. The second-order valence-electron chi connectivity index (χ2n) is 5.75. The zero-order valence-corrected chi connectivity index (χ0v) is 14.6. The number of carbonyl (C=O) groups excluding carboxylic acids is 1. The van der Waals surface area contributed by atoms with Gasteiger partial charge in [-0.05, 0) is 49.2 Å². The molecule has 0 radical (unpaired) electrons. The summed E-state index contributed by atoms with van der Waals surface area (Å²) in [5.41, 5.74) is 3.34. The summed E-state index contributed by atoms with van der Waals surface area (Å²) < 4.78 is 12.5. The van der Waals surface area contributed by atoms with Crippen molar-refractivity contribution in [2.75, 3.05) is 20.8 Å². The summed E-state index contributed by atoms with van der Waals surface area (Å²) in [6.07, 6.45) is 4.34. The highest BCUT2D eigenvalue weighted by Crippen LogP contribution is 2.24. The SMILES string of the molecule is COc1ccc(OC)c(CCNC(=O)c2ccc3nc(C)cn3c2)c1. The van der Waals surface area contributed by atoms with Crippen molar-refractivity contribution in [3.05, 3.63) is 59.5 Å². The summed E-state index contributed by atoms with van der Waals surface area (Å²) in [5, 5.41) is 2.94. The van der Waals surface area contributed by atoms with Crippen LogP contribution in [-0.2, 0) is 6.42 Å². The molecule has 0 aliphatic heterocycles. The van der Waals surface area contributed by atoms with E-state index in [4.69, 9.17) is 9.47 Å². The lowest BCUT2D eigenvalue weighted by atomic mass is 10.1. The predicted octanol–water partition coefficient (Wildman–Crippen LogP) is 2.63. The number of nitrogens with zero attached hydrogens (tertiary/aromatic N) is 2. The van der Waals surface area contributed by atoms with E-state index in [0.29, 0.717) is 18.5 Å². The predicted molar refractivity (Wildman–Crippen MR) is 95.5 cm³/mol. The van der Waals surface area contributed by atoms with Crippen molar-refractivity contribution in [3.63, 3.8) is 0 Å². The molecule has 0 saturated heterocycles. The van der Waals surface area contributed by atoms with Gasteiger partial charge in [-0.25, -0.2) is 4.98 Å². The van der Waals surface area contributed by atoms with E-state index in [-0.39, 0.29) is 5.91 Å². The van der Waals surface area contributed by atoms with Crippen LogP contribution in [0.3, 0.4) is 0 Å². The highest BCUT2D eigenvalue weighted by Gasteiger charge is 2.09. The molecule has 0 bridgehead atoms. The molecule has 2 aromatic heterocycles. The number of aromatic nitrogens is 2. The van der Waals surface area contributed by atoms with Gasteiger partial charge in [-0.15, -0.1) is 0 Å². The maximum Gasteiger partial charge on any atom is 0.252 e. The molecule has 0 saturated carbocycles. The topological polar surface area (TPSA) is 64.9 Å². The Labute approximate surface area is 146 Å². The number of methoxy groups -OCH3 is 2. The number of rotatable bonds is 6. The number of hydrogen-bond acceptors (Lipinski definition) is 4. The van der Waals surface area contributed by atoms with Gasteiger partial charge in [0, 0.05) is 18.9 Å². The Kier molecular flexibility index (Phi) is 4.88. The van der Waals surface area contributed by atoms with E-state index in [1.54, 1.807) is 26.5 Å². The molecule has 1 amide bonds. The van der Waals surface area contributed by atoms with E-state index in [1.807, 2.05) is 41.8 Å². The first-order chi connectivity index (χ1) is 12.1. The number of benzene rings is 1. The molecule has 0 aliphatic carbocycles. The lowest BCUT2D eigenvalue weighted by Crippen LogP contribution is -2.26. The zero-order chi connectivity index (χ0) is 17.8. The Hall–Kier alpha value is -3.02. The first-order valence-corrected chi connectivity index (χ1v) is 8.05. The van der Waals surface area contributed by atoms with Crippen LogP contribution in [0.5, 0.6) is 11.5 Å². The standard InChI is InChI=1S/C19H21N3O3/c1-13-11-22-12-15(4-7-18(22)21-13)19(23)20-9-8-14-10-16(24-2)5-6-17(14)25-3/h4-7,10-12H,8-9H2,1-3H3,(H,20,23). The summed E-state index contributed by atoms with van der Waals surface area (Å²) in [6, 6.07) is 9.26. The molecular formula is C19H21N3O3. The monoisotopic (exact) mass is 339 g/mol. The maximum absolute atomic E-state index is 12.4. The minimum absolute atomic E-state index is 0.116. The Morgan fingerprint density at radius 2 is 2.00 bits per heavy atom. The molecule has 1 N–H and O–H groups in total. The third-order valence-electron chi connectivity index (χ3n) is 4.00. The van der Waals surface area contributed by atoms with Crippen LogP contribution in [0.2, 0.25) is 0 Å². The number of imidazole rings is 1. The number of carbonyl (C=O) groups is 1. The summed E-state index contributed by atoms with van der Waals surface area (Å²) in [5.74, 6) is 1.43.